The van der Waals surface area contributed by atoms with E-state index in [1.165, 1.54) is 0 Å². The predicted octanol–water partition coefficient (Wildman–Crippen LogP) is 2.29. The van der Waals surface area contributed by atoms with Crippen LogP contribution in [0.1, 0.15) is 35.7 Å². The SMILES string of the molecule is CCc1ccc(NC(=O)COC(=O)CNC(=O)c2ccc(N3CCCC3=O)cc2)cc1. The summed E-state index contributed by atoms with van der Waals surface area (Å²) in [5.41, 5.74) is 2.87. The fourth-order valence-corrected chi connectivity index (χ4v) is 3.19. The standard InChI is InChI=1S/C23H25N3O5/c1-2-16-5-9-18(10-6-16)25-20(27)15-31-22(29)14-24-23(30)17-7-11-19(12-8-17)26-13-3-4-21(26)28/h5-12H,2-4,13-15H2,1H3,(H,24,30)(H,25,27). The average molecular weight is 423 g/mol. The lowest BCUT2D eigenvalue weighted by molar-refractivity contribution is -0.146. The molecule has 3 rings (SSSR count). The summed E-state index contributed by atoms with van der Waals surface area (Å²) in [5, 5.41) is 5.10. The highest BCUT2D eigenvalue weighted by Gasteiger charge is 2.21. The monoisotopic (exact) mass is 423 g/mol. The summed E-state index contributed by atoms with van der Waals surface area (Å²) >= 11 is 0. The molecule has 31 heavy (non-hydrogen) atoms. The number of hydrogen-bond acceptors (Lipinski definition) is 5. The van der Waals surface area contributed by atoms with Crippen LogP contribution in [0.2, 0.25) is 0 Å². The Morgan fingerprint density at radius 3 is 2.35 bits per heavy atom. The molecule has 8 heteroatoms. The Labute approximate surface area is 180 Å². The van der Waals surface area contributed by atoms with Gasteiger partial charge in [-0.25, -0.2) is 0 Å². The number of anilines is 2. The summed E-state index contributed by atoms with van der Waals surface area (Å²) in [7, 11) is 0. The zero-order valence-corrected chi connectivity index (χ0v) is 17.3. The Bertz CT molecular complexity index is 954. The molecule has 1 aliphatic rings. The minimum absolute atomic E-state index is 0.0713. The van der Waals surface area contributed by atoms with Gasteiger partial charge in [-0.1, -0.05) is 19.1 Å². The van der Waals surface area contributed by atoms with Gasteiger partial charge in [0.25, 0.3) is 11.8 Å². The molecule has 0 atom stereocenters. The van der Waals surface area contributed by atoms with Gasteiger partial charge in [0.1, 0.15) is 6.54 Å². The molecule has 1 aliphatic heterocycles. The van der Waals surface area contributed by atoms with Gasteiger partial charge in [0.15, 0.2) is 6.61 Å². The lowest BCUT2D eigenvalue weighted by atomic mass is 10.1. The number of rotatable bonds is 8. The molecule has 0 unspecified atom stereocenters. The maximum Gasteiger partial charge on any atom is 0.325 e. The number of aryl methyl sites for hydroxylation is 1. The van der Waals surface area contributed by atoms with Crippen molar-refractivity contribution in [1.29, 1.82) is 0 Å². The minimum Gasteiger partial charge on any atom is -0.454 e. The molecule has 162 valence electrons. The van der Waals surface area contributed by atoms with E-state index in [-0.39, 0.29) is 12.5 Å². The smallest absolute Gasteiger partial charge is 0.325 e. The van der Waals surface area contributed by atoms with E-state index in [9.17, 15) is 19.2 Å². The summed E-state index contributed by atoms with van der Waals surface area (Å²) in [6.45, 7) is 1.91. The maximum atomic E-state index is 12.2. The normalized spacial score (nSPS) is 13.1. The lowest BCUT2D eigenvalue weighted by Gasteiger charge is -2.15. The molecule has 0 aromatic heterocycles. The molecule has 3 amide bonds. The summed E-state index contributed by atoms with van der Waals surface area (Å²) < 4.78 is 4.90. The Hall–Kier alpha value is -3.68. The molecule has 0 radical (unpaired) electrons. The highest BCUT2D eigenvalue weighted by molar-refractivity contribution is 5.98. The van der Waals surface area contributed by atoms with Gasteiger partial charge in [0.2, 0.25) is 5.91 Å². The zero-order valence-electron chi connectivity index (χ0n) is 17.3. The highest BCUT2D eigenvalue weighted by Crippen LogP contribution is 2.21. The molecule has 2 aromatic carbocycles. The second-order valence-electron chi connectivity index (χ2n) is 7.14. The van der Waals surface area contributed by atoms with Gasteiger partial charge >= 0.3 is 5.97 Å². The van der Waals surface area contributed by atoms with Crippen molar-refractivity contribution in [2.24, 2.45) is 0 Å². The van der Waals surface area contributed by atoms with Gasteiger partial charge < -0.3 is 20.3 Å². The van der Waals surface area contributed by atoms with Crippen molar-refractivity contribution in [1.82, 2.24) is 5.32 Å². The third-order valence-corrected chi connectivity index (χ3v) is 4.92. The fraction of sp³-hybridized carbons (Fsp3) is 0.304. The number of hydrogen-bond donors (Lipinski definition) is 2. The van der Waals surface area contributed by atoms with Crippen LogP contribution < -0.4 is 15.5 Å². The lowest BCUT2D eigenvalue weighted by Crippen LogP contribution is -2.32. The van der Waals surface area contributed by atoms with E-state index in [2.05, 4.69) is 10.6 Å². The molecule has 1 fully saturated rings. The van der Waals surface area contributed by atoms with E-state index >= 15 is 0 Å². The quantitative estimate of drug-likeness (QED) is 0.634. The van der Waals surface area contributed by atoms with Gasteiger partial charge in [-0.05, 0) is 54.8 Å². The Kier molecular flexibility index (Phi) is 7.37. The average Bonchev–Trinajstić information content (AvgIpc) is 3.22. The maximum absolute atomic E-state index is 12.2. The van der Waals surface area contributed by atoms with Gasteiger partial charge in [-0.2, -0.15) is 0 Å². The molecule has 8 nitrogen and oxygen atoms in total. The first-order valence-electron chi connectivity index (χ1n) is 10.2. The van der Waals surface area contributed by atoms with Crippen LogP contribution in [0.3, 0.4) is 0 Å². The summed E-state index contributed by atoms with van der Waals surface area (Å²) in [6.07, 6.45) is 2.26. The van der Waals surface area contributed by atoms with Crippen molar-refractivity contribution in [3.63, 3.8) is 0 Å². The largest absolute Gasteiger partial charge is 0.454 e. The highest BCUT2D eigenvalue weighted by atomic mass is 16.5. The molecule has 0 bridgehead atoms. The van der Waals surface area contributed by atoms with Crippen molar-refractivity contribution >= 4 is 35.1 Å². The Balaban J connectivity index is 1.40. The van der Waals surface area contributed by atoms with E-state index < -0.39 is 24.4 Å². The van der Waals surface area contributed by atoms with E-state index in [0.29, 0.717) is 24.2 Å². The van der Waals surface area contributed by atoms with Crippen molar-refractivity contribution < 1.29 is 23.9 Å². The number of esters is 1. The van der Waals surface area contributed by atoms with Crippen LogP contribution in [-0.2, 0) is 25.5 Å². The number of benzene rings is 2. The number of nitrogens with zero attached hydrogens (tertiary/aromatic N) is 1. The van der Waals surface area contributed by atoms with Gasteiger partial charge in [-0.3, -0.25) is 19.2 Å². The molecule has 0 saturated carbocycles. The molecular formula is C23H25N3O5. The Morgan fingerprint density at radius 1 is 1.03 bits per heavy atom. The first kappa shape index (κ1) is 22.0. The van der Waals surface area contributed by atoms with E-state index in [1.54, 1.807) is 41.3 Å². The van der Waals surface area contributed by atoms with Crippen LogP contribution in [0.15, 0.2) is 48.5 Å². The zero-order chi connectivity index (χ0) is 22.2. The first-order valence-corrected chi connectivity index (χ1v) is 10.2. The minimum atomic E-state index is -0.718. The number of ether oxygens (including phenoxy) is 1. The van der Waals surface area contributed by atoms with Crippen LogP contribution in [0.5, 0.6) is 0 Å². The van der Waals surface area contributed by atoms with Gasteiger partial charge in [0.05, 0.1) is 0 Å². The number of carbonyl (C=O) groups excluding carboxylic acids is 4. The molecule has 0 aliphatic carbocycles. The molecule has 1 heterocycles. The fourth-order valence-electron chi connectivity index (χ4n) is 3.19. The molecule has 2 aromatic rings. The van der Waals surface area contributed by atoms with E-state index in [0.717, 1.165) is 24.1 Å². The first-order chi connectivity index (χ1) is 15.0. The number of amides is 3. The third-order valence-electron chi connectivity index (χ3n) is 4.92. The molecule has 0 spiro atoms. The molecule has 2 N–H and O–H groups in total. The predicted molar refractivity (Wildman–Crippen MR) is 116 cm³/mol. The van der Waals surface area contributed by atoms with Crippen molar-refractivity contribution in [2.45, 2.75) is 26.2 Å². The molecule has 1 saturated heterocycles. The number of nitrogens with one attached hydrogen (secondary N) is 2. The Morgan fingerprint density at radius 2 is 1.74 bits per heavy atom. The van der Waals surface area contributed by atoms with Crippen molar-refractivity contribution in [3.05, 3.63) is 59.7 Å². The topological polar surface area (TPSA) is 105 Å². The van der Waals surface area contributed by atoms with Crippen LogP contribution in [0, 0.1) is 0 Å². The summed E-state index contributed by atoms with van der Waals surface area (Å²) in [5.74, 6) is -1.56. The van der Waals surface area contributed by atoms with Crippen LogP contribution in [-0.4, -0.2) is 43.4 Å². The van der Waals surface area contributed by atoms with Crippen molar-refractivity contribution in [3.8, 4) is 0 Å². The van der Waals surface area contributed by atoms with Gasteiger partial charge in [0, 0.05) is 29.9 Å². The second kappa shape index (κ2) is 10.4. The van der Waals surface area contributed by atoms with Crippen LogP contribution in [0.25, 0.3) is 0 Å². The summed E-state index contributed by atoms with van der Waals surface area (Å²) in [4.78, 5) is 49.4. The number of carbonyl (C=O) groups is 4. The van der Waals surface area contributed by atoms with Crippen molar-refractivity contribution in [2.75, 3.05) is 29.9 Å². The van der Waals surface area contributed by atoms with Gasteiger partial charge in [-0.15, -0.1) is 0 Å². The van der Waals surface area contributed by atoms with E-state index in [4.69, 9.17) is 4.74 Å². The van der Waals surface area contributed by atoms with Crippen LogP contribution >= 0.6 is 0 Å². The molecular weight excluding hydrogens is 398 g/mol. The second-order valence-corrected chi connectivity index (χ2v) is 7.14. The van der Waals surface area contributed by atoms with Crippen LogP contribution in [0.4, 0.5) is 11.4 Å². The third kappa shape index (κ3) is 6.15. The summed E-state index contributed by atoms with van der Waals surface area (Å²) in [6, 6.07) is 14.0. The van der Waals surface area contributed by atoms with E-state index in [1.807, 2.05) is 19.1 Å².